The van der Waals surface area contributed by atoms with Crippen molar-refractivity contribution in [3.63, 3.8) is 0 Å². The van der Waals surface area contributed by atoms with Crippen LogP contribution in [0.15, 0.2) is 34.9 Å². The molecule has 0 bridgehead atoms. The van der Waals surface area contributed by atoms with Gasteiger partial charge in [0.15, 0.2) is 0 Å². The average molecular weight is 340 g/mol. The fraction of sp³-hybridized carbons (Fsp3) is 0.0833. The smallest absolute Gasteiger partial charge is 0.271 e. The Hall–Kier alpha value is -1.84. The van der Waals surface area contributed by atoms with Gasteiger partial charge in [-0.25, -0.2) is 0 Å². The van der Waals surface area contributed by atoms with Crippen molar-refractivity contribution in [1.29, 1.82) is 5.26 Å². The maximum atomic E-state index is 12.0. The predicted molar refractivity (Wildman–Crippen MR) is 73.6 cm³/mol. The van der Waals surface area contributed by atoms with Crippen molar-refractivity contribution in [2.24, 2.45) is 0 Å². The lowest BCUT2D eigenvalue weighted by molar-refractivity contribution is 0.0939. The molecule has 0 aliphatic heterocycles. The summed E-state index contributed by atoms with van der Waals surface area (Å²) < 4.78 is 0.535. The van der Waals surface area contributed by atoms with E-state index in [-0.39, 0.29) is 5.69 Å². The van der Waals surface area contributed by atoms with Crippen molar-refractivity contribution in [2.45, 2.75) is 6.04 Å². The molecule has 0 fully saturated rings. The summed E-state index contributed by atoms with van der Waals surface area (Å²) in [6.45, 7) is 0. The van der Waals surface area contributed by atoms with E-state index in [0.29, 0.717) is 15.1 Å². The maximum Gasteiger partial charge on any atom is 0.271 e. The molecule has 1 aromatic carbocycles. The minimum Gasteiger partial charge on any atom is -0.331 e. The van der Waals surface area contributed by atoms with Crippen molar-refractivity contribution in [3.8, 4) is 6.07 Å². The zero-order valence-corrected chi connectivity index (χ0v) is 11.9. The first kappa shape index (κ1) is 13.6. The molecule has 1 unspecified atom stereocenters. The minimum absolute atomic E-state index is 0.266. The van der Waals surface area contributed by atoms with Crippen molar-refractivity contribution in [2.75, 3.05) is 0 Å². The van der Waals surface area contributed by atoms with Gasteiger partial charge in [0.25, 0.3) is 5.91 Å². The highest BCUT2D eigenvalue weighted by atomic mass is 79.9. The first-order chi connectivity index (χ1) is 9.11. The van der Waals surface area contributed by atoms with Crippen LogP contribution in [0, 0.1) is 11.3 Å². The van der Waals surface area contributed by atoms with Crippen LogP contribution >= 0.6 is 27.5 Å². The SMILES string of the molecule is N#CC(NC(=O)c1[nH]ncc1Br)c1cccc(Cl)c1. The van der Waals surface area contributed by atoms with Gasteiger partial charge in [0.1, 0.15) is 11.7 Å². The number of H-pyrrole nitrogens is 1. The van der Waals surface area contributed by atoms with E-state index >= 15 is 0 Å². The van der Waals surface area contributed by atoms with Crippen molar-refractivity contribution in [3.05, 3.63) is 51.2 Å². The number of hydrogen-bond acceptors (Lipinski definition) is 3. The summed E-state index contributed by atoms with van der Waals surface area (Å²) in [5, 5.41) is 18.5. The molecule has 0 aliphatic rings. The summed E-state index contributed by atoms with van der Waals surface area (Å²) in [5.41, 5.74) is 0.890. The molecular weight excluding hydrogens is 332 g/mol. The molecule has 0 saturated carbocycles. The number of halogens is 2. The topological polar surface area (TPSA) is 81.6 Å². The molecule has 19 heavy (non-hydrogen) atoms. The zero-order chi connectivity index (χ0) is 13.8. The van der Waals surface area contributed by atoms with Gasteiger partial charge in [0.05, 0.1) is 16.7 Å². The molecule has 2 aromatic rings. The first-order valence-corrected chi connectivity index (χ1v) is 6.43. The largest absolute Gasteiger partial charge is 0.331 e. The molecule has 0 aliphatic carbocycles. The number of hydrogen-bond donors (Lipinski definition) is 2. The Morgan fingerprint density at radius 1 is 1.58 bits per heavy atom. The van der Waals surface area contributed by atoms with Gasteiger partial charge >= 0.3 is 0 Å². The van der Waals surface area contributed by atoms with Crippen LogP contribution in [0.2, 0.25) is 5.02 Å². The monoisotopic (exact) mass is 338 g/mol. The van der Waals surface area contributed by atoms with Crippen LogP contribution in [-0.2, 0) is 0 Å². The molecular formula is C12H8BrClN4O. The minimum atomic E-state index is -0.776. The summed E-state index contributed by atoms with van der Waals surface area (Å²) in [5.74, 6) is -0.420. The first-order valence-electron chi connectivity index (χ1n) is 5.26. The fourth-order valence-electron chi connectivity index (χ4n) is 1.51. The number of aromatic nitrogens is 2. The van der Waals surface area contributed by atoms with Gasteiger partial charge in [-0.3, -0.25) is 9.89 Å². The van der Waals surface area contributed by atoms with E-state index in [4.69, 9.17) is 16.9 Å². The Labute approximate surface area is 122 Å². The maximum absolute atomic E-state index is 12.0. The number of aromatic amines is 1. The van der Waals surface area contributed by atoms with Crippen LogP contribution in [0.5, 0.6) is 0 Å². The molecule has 7 heteroatoms. The third kappa shape index (κ3) is 3.13. The molecule has 2 rings (SSSR count). The Morgan fingerprint density at radius 3 is 2.95 bits per heavy atom. The molecule has 5 nitrogen and oxygen atoms in total. The third-order valence-electron chi connectivity index (χ3n) is 2.41. The van der Waals surface area contributed by atoms with Crippen LogP contribution in [0.1, 0.15) is 22.1 Å². The van der Waals surface area contributed by atoms with E-state index in [0.717, 1.165) is 0 Å². The Balaban J connectivity index is 2.19. The molecule has 1 aromatic heterocycles. The van der Waals surface area contributed by atoms with Gasteiger partial charge < -0.3 is 5.32 Å². The van der Waals surface area contributed by atoms with Crippen molar-refractivity contribution < 1.29 is 4.79 Å². The fourth-order valence-corrected chi connectivity index (χ4v) is 2.08. The number of nitrogens with zero attached hydrogens (tertiary/aromatic N) is 2. The van der Waals surface area contributed by atoms with Gasteiger partial charge in [-0.2, -0.15) is 10.4 Å². The third-order valence-corrected chi connectivity index (χ3v) is 3.24. The zero-order valence-electron chi connectivity index (χ0n) is 9.52. The Bertz CT molecular complexity index is 649. The van der Waals surface area contributed by atoms with Crippen molar-refractivity contribution >= 4 is 33.4 Å². The number of carbonyl (C=O) groups is 1. The highest BCUT2D eigenvalue weighted by molar-refractivity contribution is 9.10. The second kappa shape index (κ2) is 5.87. The second-order valence-corrected chi connectivity index (χ2v) is 4.97. The van der Waals surface area contributed by atoms with Crippen LogP contribution in [-0.4, -0.2) is 16.1 Å². The molecule has 0 saturated heterocycles. The van der Waals surface area contributed by atoms with Gasteiger partial charge in [0, 0.05) is 5.02 Å². The molecule has 96 valence electrons. The number of nitriles is 1. The highest BCUT2D eigenvalue weighted by Crippen LogP contribution is 2.19. The van der Waals surface area contributed by atoms with Crippen LogP contribution in [0.3, 0.4) is 0 Å². The number of rotatable bonds is 3. The van der Waals surface area contributed by atoms with E-state index in [2.05, 4.69) is 31.4 Å². The lowest BCUT2D eigenvalue weighted by Crippen LogP contribution is -2.28. The number of benzene rings is 1. The summed E-state index contributed by atoms with van der Waals surface area (Å²) in [6, 6.07) is 8.03. The molecule has 1 amide bonds. The lowest BCUT2D eigenvalue weighted by atomic mass is 10.1. The molecule has 0 spiro atoms. The molecule has 0 radical (unpaired) electrons. The van der Waals surface area contributed by atoms with E-state index in [9.17, 15) is 4.79 Å². The van der Waals surface area contributed by atoms with Gasteiger partial charge in [-0.05, 0) is 33.6 Å². The Morgan fingerprint density at radius 2 is 2.37 bits per heavy atom. The van der Waals surface area contributed by atoms with Crippen LogP contribution in [0.4, 0.5) is 0 Å². The van der Waals surface area contributed by atoms with Gasteiger partial charge in [0.2, 0.25) is 0 Å². The standard InChI is InChI=1S/C12H8BrClN4O/c13-9-6-16-18-11(9)12(19)17-10(5-15)7-2-1-3-8(14)4-7/h1-4,6,10H,(H,16,18)(H,17,19). The molecule has 2 N–H and O–H groups in total. The van der Waals surface area contributed by atoms with E-state index in [1.165, 1.54) is 6.20 Å². The quantitative estimate of drug-likeness (QED) is 0.902. The average Bonchev–Trinajstić information content (AvgIpc) is 2.82. The number of amides is 1. The van der Waals surface area contributed by atoms with E-state index < -0.39 is 11.9 Å². The second-order valence-electron chi connectivity index (χ2n) is 3.68. The summed E-state index contributed by atoms with van der Waals surface area (Å²) in [6.07, 6.45) is 1.47. The van der Waals surface area contributed by atoms with Gasteiger partial charge in [-0.15, -0.1) is 0 Å². The van der Waals surface area contributed by atoms with Crippen molar-refractivity contribution in [1.82, 2.24) is 15.5 Å². The van der Waals surface area contributed by atoms with E-state index in [1.54, 1.807) is 24.3 Å². The predicted octanol–water partition coefficient (Wildman–Crippen LogP) is 2.82. The van der Waals surface area contributed by atoms with Crippen LogP contribution in [0.25, 0.3) is 0 Å². The number of nitrogens with one attached hydrogen (secondary N) is 2. The van der Waals surface area contributed by atoms with E-state index in [1.807, 2.05) is 6.07 Å². The molecule has 1 atom stereocenters. The normalized spacial score (nSPS) is 11.6. The Kier molecular flexibility index (Phi) is 4.20. The highest BCUT2D eigenvalue weighted by Gasteiger charge is 2.18. The summed E-state index contributed by atoms with van der Waals surface area (Å²) in [4.78, 5) is 12.0. The summed E-state index contributed by atoms with van der Waals surface area (Å²) >= 11 is 9.05. The lowest BCUT2D eigenvalue weighted by Gasteiger charge is -2.11. The summed E-state index contributed by atoms with van der Waals surface area (Å²) in [7, 11) is 0. The van der Waals surface area contributed by atoms with Gasteiger partial charge in [-0.1, -0.05) is 23.7 Å². The number of carbonyl (C=O) groups excluding carboxylic acids is 1. The van der Waals surface area contributed by atoms with Crippen LogP contribution < -0.4 is 5.32 Å². The molecule has 1 heterocycles.